The predicted octanol–water partition coefficient (Wildman–Crippen LogP) is 2.94. The molecule has 0 aliphatic carbocycles. The monoisotopic (exact) mass is 415 g/mol. The van der Waals surface area contributed by atoms with E-state index in [-0.39, 0.29) is 16.2 Å². The lowest BCUT2D eigenvalue weighted by Crippen LogP contribution is -2.41. The highest BCUT2D eigenvalue weighted by molar-refractivity contribution is 7.89. The molecular weight excluding hydrogens is 398 g/mol. The second-order valence-electron chi connectivity index (χ2n) is 5.94. The molecule has 1 amide bonds. The topological polar surface area (TPSA) is 105 Å². The Morgan fingerprint density at radius 3 is 2.43 bits per heavy atom. The number of benzene rings is 2. The molecule has 144 valence electrons. The number of hydrogen-bond acceptors (Lipinski definition) is 6. The highest BCUT2D eigenvalue weighted by Crippen LogP contribution is 2.27. The van der Waals surface area contributed by atoms with Crippen molar-refractivity contribution in [2.45, 2.75) is 18.7 Å². The van der Waals surface area contributed by atoms with Crippen LogP contribution in [0.5, 0.6) is 0 Å². The molecule has 3 rings (SSSR count). The molecule has 3 aromatic rings. The van der Waals surface area contributed by atoms with Crippen molar-refractivity contribution in [1.29, 1.82) is 0 Å². The smallest absolute Gasteiger partial charge is 0.278 e. The summed E-state index contributed by atoms with van der Waals surface area (Å²) in [5.41, 5.74) is 3.84. The predicted molar refractivity (Wildman–Crippen MR) is 107 cm³/mol. The van der Waals surface area contributed by atoms with E-state index >= 15 is 0 Å². The van der Waals surface area contributed by atoms with Crippen LogP contribution in [0.3, 0.4) is 0 Å². The first-order chi connectivity index (χ1) is 13.3. The average molecular weight is 415 g/mol. The minimum Gasteiger partial charge on any atom is -0.295 e. The number of aromatic nitrogens is 1. The van der Waals surface area contributed by atoms with E-state index in [1.165, 1.54) is 42.5 Å². The van der Waals surface area contributed by atoms with Gasteiger partial charge in [-0.05, 0) is 26.0 Å². The van der Waals surface area contributed by atoms with Gasteiger partial charge in [0.2, 0.25) is 0 Å². The molecule has 0 unspecified atom stereocenters. The number of nitrogens with one attached hydrogen (secondary N) is 2. The molecule has 1 heterocycles. The zero-order valence-electron chi connectivity index (χ0n) is 15.1. The maximum atomic E-state index is 12.4. The number of hydrazine groups is 1. The molecule has 0 saturated heterocycles. The Bertz CT molecular complexity index is 1140. The number of ketones is 1. The summed E-state index contributed by atoms with van der Waals surface area (Å²) >= 11 is 1.17. The van der Waals surface area contributed by atoms with E-state index in [0.29, 0.717) is 15.6 Å². The molecule has 0 fully saturated rings. The van der Waals surface area contributed by atoms with E-state index in [9.17, 15) is 18.0 Å². The number of sulfonamides is 1. The second kappa shape index (κ2) is 8.01. The van der Waals surface area contributed by atoms with E-state index in [2.05, 4.69) is 15.2 Å². The molecule has 0 spiro atoms. The van der Waals surface area contributed by atoms with Gasteiger partial charge in [-0.3, -0.25) is 15.0 Å². The quantitative estimate of drug-likeness (QED) is 0.476. The van der Waals surface area contributed by atoms with Crippen LogP contribution in [0.2, 0.25) is 0 Å². The van der Waals surface area contributed by atoms with Gasteiger partial charge in [0.15, 0.2) is 5.78 Å². The highest BCUT2D eigenvalue weighted by Gasteiger charge is 2.20. The molecule has 0 radical (unpaired) electrons. The van der Waals surface area contributed by atoms with Gasteiger partial charge in [0.05, 0.1) is 10.6 Å². The van der Waals surface area contributed by atoms with Crippen molar-refractivity contribution in [2.75, 3.05) is 0 Å². The van der Waals surface area contributed by atoms with Crippen molar-refractivity contribution in [3.8, 4) is 10.6 Å². The van der Waals surface area contributed by atoms with Crippen molar-refractivity contribution in [3.63, 3.8) is 0 Å². The van der Waals surface area contributed by atoms with E-state index in [0.717, 1.165) is 5.56 Å². The van der Waals surface area contributed by atoms with Crippen LogP contribution in [-0.4, -0.2) is 25.1 Å². The second-order valence-corrected chi connectivity index (χ2v) is 8.62. The van der Waals surface area contributed by atoms with Crippen LogP contribution in [0.4, 0.5) is 0 Å². The Labute approximate surface area is 166 Å². The number of carbonyl (C=O) groups excluding carboxylic acids is 2. The van der Waals surface area contributed by atoms with E-state index in [1.807, 2.05) is 30.3 Å². The van der Waals surface area contributed by atoms with Gasteiger partial charge in [-0.25, -0.2) is 13.4 Å². The summed E-state index contributed by atoms with van der Waals surface area (Å²) in [7, 11) is -4.03. The molecule has 0 atom stereocenters. The van der Waals surface area contributed by atoms with Gasteiger partial charge >= 0.3 is 0 Å². The van der Waals surface area contributed by atoms with Gasteiger partial charge in [0.1, 0.15) is 9.88 Å². The molecule has 28 heavy (non-hydrogen) atoms. The zero-order chi connectivity index (χ0) is 20.3. The van der Waals surface area contributed by atoms with Crippen LogP contribution in [0.1, 0.15) is 32.6 Å². The van der Waals surface area contributed by atoms with Crippen molar-refractivity contribution in [3.05, 3.63) is 70.7 Å². The molecule has 7 nitrogen and oxygen atoms in total. The van der Waals surface area contributed by atoms with Crippen LogP contribution >= 0.6 is 11.3 Å². The standard InChI is InChI=1S/C19H17N3O4S2/c1-12-17(27-19(20-12)14-7-4-3-5-8-14)18(24)21-22-28(25,26)16-10-6-9-15(11-16)13(2)23/h3-11,22H,1-2H3,(H,21,24). The number of amides is 1. The lowest BCUT2D eigenvalue weighted by Gasteiger charge is -2.08. The van der Waals surface area contributed by atoms with Gasteiger partial charge in [0, 0.05) is 11.1 Å². The number of hydrogen-bond donors (Lipinski definition) is 2. The number of carbonyl (C=O) groups is 2. The van der Waals surface area contributed by atoms with Crippen molar-refractivity contribution < 1.29 is 18.0 Å². The first kappa shape index (κ1) is 19.9. The first-order valence-electron chi connectivity index (χ1n) is 8.24. The summed E-state index contributed by atoms with van der Waals surface area (Å²) in [6, 6.07) is 15.0. The normalized spacial score (nSPS) is 11.2. The van der Waals surface area contributed by atoms with Crippen LogP contribution in [0.15, 0.2) is 59.5 Å². The third kappa shape index (κ3) is 4.33. The Balaban J connectivity index is 1.76. The zero-order valence-corrected chi connectivity index (χ0v) is 16.7. The molecule has 1 aromatic heterocycles. The van der Waals surface area contributed by atoms with Gasteiger partial charge in [-0.2, -0.15) is 0 Å². The third-order valence-electron chi connectivity index (χ3n) is 3.87. The van der Waals surface area contributed by atoms with Crippen LogP contribution < -0.4 is 10.3 Å². The SMILES string of the molecule is CC(=O)c1cccc(S(=O)(=O)NNC(=O)c2sc(-c3ccccc3)nc2C)c1. The molecule has 0 aliphatic heterocycles. The summed E-state index contributed by atoms with van der Waals surface area (Å²) in [4.78, 5) is 30.5. The largest absolute Gasteiger partial charge is 0.295 e. The minimum absolute atomic E-state index is 0.119. The fourth-order valence-corrected chi connectivity index (χ4v) is 4.27. The number of aryl methyl sites for hydroxylation is 1. The number of thiazole rings is 1. The van der Waals surface area contributed by atoms with Crippen molar-refractivity contribution >= 4 is 33.1 Å². The van der Waals surface area contributed by atoms with Gasteiger partial charge in [0.25, 0.3) is 15.9 Å². The summed E-state index contributed by atoms with van der Waals surface area (Å²) in [6.45, 7) is 3.03. The van der Waals surface area contributed by atoms with E-state index in [1.54, 1.807) is 6.92 Å². The van der Waals surface area contributed by atoms with E-state index < -0.39 is 15.9 Å². The van der Waals surface area contributed by atoms with Gasteiger partial charge < -0.3 is 0 Å². The highest BCUT2D eigenvalue weighted by atomic mass is 32.2. The van der Waals surface area contributed by atoms with Gasteiger partial charge in [-0.15, -0.1) is 16.2 Å². The lowest BCUT2D eigenvalue weighted by atomic mass is 10.2. The Morgan fingerprint density at radius 2 is 1.75 bits per heavy atom. The summed E-state index contributed by atoms with van der Waals surface area (Å²) in [5, 5.41) is 0.667. The maximum absolute atomic E-state index is 12.4. The molecule has 0 aliphatic rings. The number of Topliss-reactive ketones (excluding diaryl/α,β-unsaturated/α-hetero) is 1. The minimum atomic E-state index is -4.03. The molecular formula is C19H17N3O4S2. The average Bonchev–Trinajstić information content (AvgIpc) is 3.09. The van der Waals surface area contributed by atoms with Gasteiger partial charge in [-0.1, -0.05) is 42.5 Å². The summed E-state index contributed by atoms with van der Waals surface area (Å²) < 4.78 is 24.8. The fraction of sp³-hybridized carbons (Fsp3) is 0.105. The number of nitrogens with zero attached hydrogens (tertiary/aromatic N) is 1. The van der Waals surface area contributed by atoms with Crippen LogP contribution in [0.25, 0.3) is 10.6 Å². The fourth-order valence-electron chi connectivity index (χ4n) is 2.42. The Hall–Kier alpha value is -2.88. The maximum Gasteiger partial charge on any atom is 0.278 e. The molecule has 0 saturated carbocycles. The first-order valence-corrected chi connectivity index (χ1v) is 10.5. The molecule has 2 aromatic carbocycles. The number of rotatable bonds is 6. The molecule has 0 bridgehead atoms. The van der Waals surface area contributed by atoms with Crippen molar-refractivity contribution in [2.24, 2.45) is 0 Å². The van der Waals surface area contributed by atoms with Crippen LogP contribution in [0, 0.1) is 6.92 Å². The molecule has 2 N–H and O–H groups in total. The van der Waals surface area contributed by atoms with Crippen LogP contribution in [-0.2, 0) is 10.0 Å². The van der Waals surface area contributed by atoms with Crippen molar-refractivity contribution in [1.82, 2.24) is 15.2 Å². The Morgan fingerprint density at radius 1 is 1.04 bits per heavy atom. The third-order valence-corrected chi connectivity index (χ3v) is 6.32. The Kier molecular flexibility index (Phi) is 5.68. The summed E-state index contributed by atoms with van der Waals surface area (Å²) in [5.74, 6) is -0.863. The lowest BCUT2D eigenvalue weighted by molar-refractivity contribution is 0.0947. The van der Waals surface area contributed by atoms with E-state index in [4.69, 9.17) is 0 Å². The summed E-state index contributed by atoms with van der Waals surface area (Å²) in [6.07, 6.45) is 0. The molecule has 9 heteroatoms.